The van der Waals surface area contributed by atoms with Crippen molar-refractivity contribution in [3.63, 3.8) is 0 Å². The molecule has 3 nitrogen and oxygen atoms in total. The van der Waals surface area contributed by atoms with E-state index in [-0.39, 0.29) is 11.7 Å². The maximum Gasteiger partial charge on any atom is 0.134 e. The highest BCUT2D eigenvalue weighted by atomic mass is 35.5. The molecule has 1 aliphatic heterocycles. The summed E-state index contributed by atoms with van der Waals surface area (Å²) in [7, 11) is 0. The quantitative estimate of drug-likeness (QED) is 0.905. The average molecular weight is 285 g/mol. The van der Waals surface area contributed by atoms with Gasteiger partial charge in [-0.25, -0.2) is 0 Å². The van der Waals surface area contributed by atoms with E-state index in [4.69, 9.17) is 28.5 Å². The summed E-state index contributed by atoms with van der Waals surface area (Å²) in [5, 5.41) is 19.3. The van der Waals surface area contributed by atoms with Crippen molar-refractivity contribution in [2.75, 3.05) is 13.1 Å². The zero-order valence-electron chi connectivity index (χ0n) is 9.87. The number of phenols is 1. The summed E-state index contributed by atoms with van der Waals surface area (Å²) in [6, 6.07) is 5.45. The van der Waals surface area contributed by atoms with Crippen LogP contribution in [-0.4, -0.2) is 23.1 Å². The molecule has 1 aliphatic rings. The lowest BCUT2D eigenvalue weighted by atomic mass is 9.98. The van der Waals surface area contributed by atoms with Gasteiger partial charge in [0, 0.05) is 23.0 Å². The largest absolute Gasteiger partial charge is 0.506 e. The molecule has 2 rings (SSSR count). The lowest BCUT2D eigenvalue weighted by molar-refractivity contribution is 0.198. The molecule has 0 amide bonds. The average Bonchev–Trinajstić information content (AvgIpc) is 2.40. The van der Waals surface area contributed by atoms with E-state index in [1.165, 1.54) is 6.07 Å². The molecule has 96 valence electrons. The molecule has 0 bridgehead atoms. The van der Waals surface area contributed by atoms with Crippen LogP contribution in [-0.2, 0) is 6.54 Å². The summed E-state index contributed by atoms with van der Waals surface area (Å²) in [4.78, 5) is 2.21. The third-order valence-electron chi connectivity index (χ3n) is 3.32. The molecule has 1 aromatic carbocycles. The Bertz CT molecular complexity index is 477. The highest BCUT2D eigenvalue weighted by Crippen LogP contribution is 2.34. The van der Waals surface area contributed by atoms with E-state index in [1.54, 1.807) is 6.07 Å². The van der Waals surface area contributed by atoms with E-state index in [1.807, 2.05) is 0 Å². The van der Waals surface area contributed by atoms with Crippen LogP contribution in [0.4, 0.5) is 0 Å². The summed E-state index contributed by atoms with van der Waals surface area (Å²) in [5.41, 5.74) is 0.758. The maximum atomic E-state index is 9.58. The molecule has 1 fully saturated rings. The maximum absolute atomic E-state index is 9.58. The Labute approximate surface area is 117 Å². The molecular weight excluding hydrogens is 271 g/mol. The molecular formula is C13H14Cl2N2O. The first kappa shape index (κ1) is 13.5. The number of nitrogens with zero attached hydrogens (tertiary/aromatic N) is 2. The van der Waals surface area contributed by atoms with Crippen molar-refractivity contribution in [3.8, 4) is 11.8 Å². The SMILES string of the molecule is N#CC1CCN(Cc2c(Cl)ccc(O)c2Cl)CC1. The molecule has 1 saturated heterocycles. The van der Waals surface area contributed by atoms with Crippen LogP contribution in [0.15, 0.2) is 12.1 Å². The van der Waals surface area contributed by atoms with E-state index in [9.17, 15) is 5.11 Å². The number of likely N-dealkylation sites (tertiary alicyclic amines) is 1. The zero-order valence-corrected chi connectivity index (χ0v) is 11.4. The molecule has 1 heterocycles. The second-order valence-corrected chi connectivity index (χ2v) is 5.32. The van der Waals surface area contributed by atoms with Gasteiger partial charge in [-0.2, -0.15) is 5.26 Å². The van der Waals surface area contributed by atoms with E-state index in [0.717, 1.165) is 31.5 Å². The zero-order chi connectivity index (χ0) is 13.1. The Balaban J connectivity index is 2.07. The fourth-order valence-electron chi connectivity index (χ4n) is 2.17. The molecule has 18 heavy (non-hydrogen) atoms. The fraction of sp³-hybridized carbons (Fsp3) is 0.462. The van der Waals surface area contributed by atoms with Crippen molar-refractivity contribution < 1.29 is 5.11 Å². The molecule has 0 aliphatic carbocycles. The first-order valence-corrected chi connectivity index (χ1v) is 6.65. The van der Waals surface area contributed by atoms with Gasteiger partial charge in [-0.1, -0.05) is 23.2 Å². The van der Waals surface area contributed by atoms with Gasteiger partial charge in [0.1, 0.15) is 5.75 Å². The number of phenolic OH excluding ortho intramolecular Hbond substituents is 1. The third kappa shape index (κ3) is 2.89. The standard InChI is InChI=1S/C13H14Cl2N2O/c14-11-1-2-12(18)13(15)10(11)8-17-5-3-9(7-16)4-6-17/h1-2,9,18H,3-6,8H2. The first-order chi connectivity index (χ1) is 8.61. The molecule has 0 radical (unpaired) electrons. The van der Waals surface area contributed by atoms with Gasteiger partial charge in [-0.05, 0) is 38.1 Å². The molecule has 1 N–H and O–H groups in total. The molecule has 1 aromatic rings. The highest BCUT2D eigenvalue weighted by Gasteiger charge is 2.21. The Morgan fingerprint density at radius 1 is 1.33 bits per heavy atom. The van der Waals surface area contributed by atoms with Gasteiger partial charge in [-0.3, -0.25) is 4.90 Å². The topological polar surface area (TPSA) is 47.3 Å². The molecule has 0 atom stereocenters. The predicted molar refractivity (Wildman–Crippen MR) is 71.7 cm³/mol. The third-order valence-corrected chi connectivity index (χ3v) is 4.09. The van der Waals surface area contributed by atoms with Crippen LogP contribution in [0.2, 0.25) is 10.0 Å². The van der Waals surface area contributed by atoms with Crippen LogP contribution in [0, 0.1) is 17.2 Å². The van der Waals surface area contributed by atoms with Gasteiger partial charge in [0.2, 0.25) is 0 Å². The monoisotopic (exact) mass is 284 g/mol. The van der Waals surface area contributed by atoms with Crippen LogP contribution in [0.5, 0.6) is 5.75 Å². The van der Waals surface area contributed by atoms with Crippen molar-refractivity contribution in [2.45, 2.75) is 19.4 Å². The summed E-state index contributed by atoms with van der Waals surface area (Å²) < 4.78 is 0. The van der Waals surface area contributed by atoms with Crippen LogP contribution < -0.4 is 0 Å². The number of halogens is 2. The lowest BCUT2D eigenvalue weighted by Gasteiger charge is -2.29. The van der Waals surface area contributed by atoms with Gasteiger partial charge in [0.25, 0.3) is 0 Å². The number of rotatable bonds is 2. The van der Waals surface area contributed by atoms with Crippen LogP contribution >= 0.6 is 23.2 Å². The van der Waals surface area contributed by atoms with Gasteiger partial charge >= 0.3 is 0 Å². The van der Waals surface area contributed by atoms with Crippen LogP contribution in [0.3, 0.4) is 0 Å². The van der Waals surface area contributed by atoms with Gasteiger partial charge in [-0.15, -0.1) is 0 Å². The Morgan fingerprint density at radius 2 is 2.00 bits per heavy atom. The fourth-order valence-corrected chi connectivity index (χ4v) is 2.66. The van der Waals surface area contributed by atoms with E-state index >= 15 is 0 Å². The number of piperidine rings is 1. The minimum Gasteiger partial charge on any atom is -0.506 e. The second kappa shape index (κ2) is 5.79. The van der Waals surface area contributed by atoms with Gasteiger partial charge in [0.05, 0.1) is 11.1 Å². The predicted octanol–water partition coefficient (Wildman–Crippen LogP) is 3.43. The van der Waals surface area contributed by atoms with Gasteiger partial charge < -0.3 is 5.11 Å². The van der Waals surface area contributed by atoms with Crippen LogP contribution in [0.1, 0.15) is 18.4 Å². The van der Waals surface area contributed by atoms with E-state index < -0.39 is 0 Å². The summed E-state index contributed by atoms with van der Waals surface area (Å²) in [6.07, 6.45) is 1.76. The number of benzene rings is 1. The summed E-state index contributed by atoms with van der Waals surface area (Å²) in [6.45, 7) is 2.34. The minimum absolute atomic E-state index is 0.0583. The van der Waals surface area contributed by atoms with Gasteiger partial charge in [0.15, 0.2) is 0 Å². The molecule has 0 unspecified atom stereocenters. The molecule has 5 heteroatoms. The van der Waals surface area contributed by atoms with Crippen molar-refractivity contribution in [1.82, 2.24) is 4.90 Å². The second-order valence-electron chi connectivity index (χ2n) is 4.54. The molecule has 0 aromatic heterocycles. The smallest absolute Gasteiger partial charge is 0.134 e. The van der Waals surface area contributed by atoms with Crippen molar-refractivity contribution in [3.05, 3.63) is 27.7 Å². The number of aromatic hydroxyl groups is 1. The van der Waals surface area contributed by atoms with Crippen LogP contribution in [0.25, 0.3) is 0 Å². The van der Waals surface area contributed by atoms with Crippen molar-refractivity contribution >= 4 is 23.2 Å². The lowest BCUT2D eigenvalue weighted by Crippen LogP contribution is -2.32. The highest BCUT2D eigenvalue weighted by molar-refractivity contribution is 6.36. The molecule has 0 spiro atoms. The molecule has 0 saturated carbocycles. The number of hydrogen-bond donors (Lipinski definition) is 1. The van der Waals surface area contributed by atoms with Crippen molar-refractivity contribution in [2.24, 2.45) is 5.92 Å². The van der Waals surface area contributed by atoms with Crippen molar-refractivity contribution in [1.29, 1.82) is 5.26 Å². The Hall–Kier alpha value is -0.950. The minimum atomic E-state index is 0.0583. The number of nitriles is 1. The summed E-state index contributed by atoms with van der Waals surface area (Å²) >= 11 is 12.2. The summed E-state index contributed by atoms with van der Waals surface area (Å²) in [5.74, 6) is 0.222. The Kier molecular flexibility index (Phi) is 4.34. The Morgan fingerprint density at radius 3 is 2.61 bits per heavy atom. The normalized spacial score (nSPS) is 17.6. The van der Waals surface area contributed by atoms with E-state index in [0.29, 0.717) is 16.6 Å². The van der Waals surface area contributed by atoms with E-state index in [2.05, 4.69) is 11.0 Å². The number of hydrogen-bond acceptors (Lipinski definition) is 3. The first-order valence-electron chi connectivity index (χ1n) is 5.89.